The molecule has 0 aromatic heterocycles. The highest BCUT2D eigenvalue weighted by molar-refractivity contribution is 7.99. The molecule has 0 aliphatic carbocycles. The van der Waals surface area contributed by atoms with E-state index in [-0.39, 0.29) is 11.9 Å². The molecule has 2 heterocycles. The van der Waals surface area contributed by atoms with Crippen LogP contribution < -0.4 is 4.90 Å². The van der Waals surface area contributed by atoms with Crippen molar-refractivity contribution >= 4 is 23.4 Å². The van der Waals surface area contributed by atoms with E-state index in [0.29, 0.717) is 6.42 Å². The Labute approximate surface area is 116 Å². The predicted octanol–water partition coefficient (Wildman–Crippen LogP) is 4.02. The molecule has 4 rings (SSSR count). The fourth-order valence-electron chi connectivity index (χ4n) is 2.99. The maximum absolute atomic E-state index is 12.3. The second kappa shape index (κ2) is 4.14. The van der Waals surface area contributed by atoms with Gasteiger partial charge in [0.25, 0.3) is 0 Å². The third kappa shape index (κ3) is 1.61. The number of anilines is 1. The molecule has 0 saturated carbocycles. The van der Waals surface area contributed by atoms with Crippen molar-refractivity contribution in [3.05, 3.63) is 54.1 Å². The van der Waals surface area contributed by atoms with Gasteiger partial charge in [0.2, 0.25) is 5.91 Å². The minimum Gasteiger partial charge on any atom is -0.304 e. The Morgan fingerprint density at radius 3 is 2.63 bits per heavy atom. The summed E-state index contributed by atoms with van der Waals surface area (Å²) >= 11 is 1.77. The Morgan fingerprint density at radius 2 is 1.74 bits per heavy atom. The van der Waals surface area contributed by atoms with E-state index < -0.39 is 0 Å². The summed E-state index contributed by atoms with van der Waals surface area (Å²) in [5, 5.41) is 0. The summed E-state index contributed by atoms with van der Waals surface area (Å²) in [6, 6.07) is 16.9. The fraction of sp³-hybridized carbons (Fsp3) is 0.188. The van der Waals surface area contributed by atoms with Crippen LogP contribution in [-0.4, -0.2) is 5.91 Å². The SMILES string of the molecule is O=C1CCC2c3ccccc3Sc3ccccc3N12. The van der Waals surface area contributed by atoms with Crippen LogP contribution in [0.15, 0.2) is 58.3 Å². The molecule has 0 N–H and O–H groups in total. The molecule has 2 aromatic rings. The maximum atomic E-state index is 12.3. The van der Waals surface area contributed by atoms with Gasteiger partial charge in [0, 0.05) is 16.2 Å². The first kappa shape index (κ1) is 11.1. The van der Waals surface area contributed by atoms with Crippen molar-refractivity contribution in [2.75, 3.05) is 4.90 Å². The second-order valence-corrected chi connectivity index (χ2v) is 6.01. The Hall–Kier alpha value is -1.74. The maximum Gasteiger partial charge on any atom is 0.227 e. The molecule has 0 spiro atoms. The van der Waals surface area contributed by atoms with Crippen LogP contribution in [0.1, 0.15) is 24.4 Å². The average molecular weight is 267 g/mol. The lowest BCUT2D eigenvalue weighted by atomic mass is 10.0. The number of fused-ring (bicyclic) bond motifs is 5. The molecule has 1 fully saturated rings. The standard InChI is InChI=1S/C16H13NOS/c18-16-10-9-12-11-5-1-3-7-14(11)19-15-8-4-2-6-13(15)17(12)16/h1-8,12H,9-10H2. The van der Waals surface area contributed by atoms with Crippen molar-refractivity contribution < 1.29 is 4.79 Å². The van der Waals surface area contributed by atoms with Crippen LogP contribution in [0.25, 0.3) is 0 Å². The molecular formula is C16H13NOS. The van der Waals surface area contributed by atoms with Crippen LogP contribution in [0.5, 0.6) is 0 Å². The van der Waals surface area contributed by atoms with E-state index in [1.165, 1.54) is 15.4 Å². The van der Waals surface area contributed by atoms with Gasteiger partial charge in [-0.25, -0.2) is 0 Å². The van der Waals surface area contributed by atoms with Crippen LogP contribution in [0, 0.1) is 0 Å². The molecule has 94 valence electrons. The van der Waals surface area contributed by atoms with Crippen LogP contribution in [-0.2, 0) is 4.79 Å². The molecule has 2 aliphatic rings. The minimum absolute atomic E-state index is 0.208. The van der Waals surface area contributed by atoms with Gasteiger partial charge >= 0.3 is 0 Å². The van der Waals surface area contributed by atoms with Gasteiger partial charge in [0.15, 0.2) is 0 Å². The van der Waals surface area contributed by atoms with E-state index in [0.717, 1.165) is 12.1 Å². The molecule has 1 amide bonds. The van der Waals surface area contributed by atoms with E-state index in [1.807, 2.05) is 17.0 Å². The molecule has 0 bridgehead atoms. The highest BCUT2D eigenvalue weighted by Crippen LogP contribution is 2.49. The highest BCUT2D eigenvalue weighted by Gasteiger charge is 2.37. The van der Waals surface area contributed by atoms with Gasteiger partial charge in [-0.15, -0.1) is 0 Å². The first-order valence-electron chi connectivity index (χ1n) is 6.52. The van der Waals surface area contributed by atoms with Gasteiger partial charge in [-0.3, -0.25) is 4.79 Å². The minimum atomic E-state index is 0.208. The molecule has 1 atom stereocenters. The zero-order valence-corrected chi connectivity index (χ0v) is 11.2. The summed E-state index contributed by atoms with van der Waals surface area (Å²) in [6.45, 7) is 0. The molecule has 2 aliphatic heterocycles. The van der Waals surface area contributed by atoms with Crippen molar-refractivity contribution in [3.8, 4) is 0 Å². The largest absolute Gasteiger partial charge is 0.304 e. The molecule has 2 nitrogen and oxygen atoms in total. The molecular weight excluding hydrogens is 254 g/mol. The first-order valence-corrected chi connectivity index (χ1v) is 7.34. The lowest BCUT2D eigenvalue weighted by Gasteiger charge is -2.24. The number of nitrogens with zero attached hydrogens (tertiary/aromatic N) is 1. The number of hydrogen-bond donors (Lipinski definition) is 0. The summed E-state index contributed by atoms with van der Waals surface area (Å²) in [7, 11) is 0. The van der Waals surface area contributed by atoms with E-state index >= 15 is 0 Å². The van der Waals surface area contributed by atoms with Crippen LogP contribution in [0.2, 0.25) is 0 Å². The topological polar surface area (TPSA) is 20.3 Å². The normalized spacial score (nSPS) is 20.5. The summed E-state index contributed by atoms with van der Waals surface area (Å²) in [4.78, 5) is 16.7. The van der Waals surface area contributed by atoms with Crippen molar-refractivity contribution in [1.29, 1.82) is 0 Å². The second-order valence-electron chi connectivity index (χ2n) is 4.93. The number of carbonyl (C=O) groups excluding carboxylic acids is 1. The Kier molecular flexibility index (Phi) is 2.42. The van der Waals surface area contributed by atoms with Crippen molar-refractivity contribution in [2.45, 2.75) is 28.7 Å². The first-order chi connectivity index (χ1) is 9.34. The fourth-order valence-corrected chi connectivity index (χ4v) is 4.11. The number of hydrogen-bond acceptors (Lipinski definition) is 2. The molecule has 3 heteroatoms. The smallest absolute Gasteiger partial charge is 0.227 e. The average Bonchev–Trinajstić information content (AvgIpc) is 2.75. The van der Waals surface area contributed by atoms with Gasteiger partial charge < -0.3 is 4.90 Å². The van der Waals surface area contributed by atoms with Gasteiger partial charge in [-0.1, -0.05) is 42.1 Å². The van der Waals surface area contributed by atoms with E-state index in [2.05, 4.69) is 36.4 Å². The Balaban J connectivity index is 1.98. The number of carbonyl (C=O) groups is 1. The molecule has 2 aromatic carbocycles. The van der Waals surface area contributed by atoms with Crippen molar-refractivity contribution in [2.24, 2.45) is 0 Å². The summed E-state index contributed by atoms with van der Waals surface area (Å²) in [6.07, 6.45) is 1.57. The van der Waals surface area contributed by atoms with Gasteiger partial charge in [0.1, 0.15) is 0 Å². The summed E-state index contributed by atoms with van der Waals surface area (Å²) in [5.41, 5.74) is 2.35. The van der Waals surface area contributed by atoms with Gasteiger partial charge in [0.05, 0.1) is 11.7 Å². The number of para-hydroxylation sites is 1. The molecule has 1 saturated heterocycles. The number of benzene rings is 2. The van der Waals surface area contributed by atoms with Gasteiger partial charge in [-0.05, 0) is 30.2 Å². The van der Waals surface area contributed by atoms with Crippen LogP contribution in [0.3, 0.4) is 0 Å². The summed E-state index contributed by atoms with van der Waals surface area (Å²) < 4.78 is 0. The molecule has 0 radical (unpaired) electrons. The lowest BCUT2D eigenvalue weighted by molar-refractivity contribution is -0.117. The monoisotopic (exact) mass is 267 g/mol. The Bertz CT molecular complexity index is 667. The Morgan fingerprint density at radius 1 is 1.00 bits per heavy atom. The zero-order chi connectivity index (χ0) is 12.8. The van der Waals surface area contributed by atoms with Crippen molar-refractivity contribution in [1.82, 2.24) is 0 Å². The predicted molar refractivity (Wildman–Crippen MR) is 76.5 cm³/mol. The van der Waals surface area contributed by atoms with Gasteiger partial charge in [-0.2, -0.15) is 0 Å². The summed E-state index contributed by atoms with van der Waals surface area (Å²) in [5.74, 6) is 0.245. The lowest BCUT2D eigenvalue weighted by Crippen LogP contribution is -2.27. The third-order valence-corrected chi connectivity index (χ3v) is 4.99. The number of rotatable bonds is 0. The van der Waals surface area contributed by atoms with Crippen LogP contribution >= 0.6 is 11.8 Å². The number of amides is 1. The van der Waals surface area contributed by atoms with E-state index in [1.54, 1.807) is 11.8 Å². The highest BCUT2D eigenvalue weighted by atomic mass is 32.2. The van der Waals surface area contributed by atoms with Crippen LogP contribution in [0.4, 0.5) is 5.69 Å². The molecule has 1 unspecified atom stereocenters. The quantitative estimate of drug-likeness (QED) is 0.718. The van der Waals surface area contributed by atoms with E-state index in [4.69, 9.17) is 0 Å². The van der Waals surface area contributed by atoms with Crippen molar-refractivity contribution in [3.63, 3.8) is 0 Å². The zero-order valence-electron chi connectivity index (χ0n) is 10.4. The van der Waals surface area contributed by atoms with E-state index in [9.17, 15) is 4.79 Å². The third-order valence-electron chi connectivity index (χ3n) is 3.83. The molecule has 19 heavy (non-hydrogen) atoms.